The highest BCUT2D eigenvalue weighted by Crippen LogP contribution is 2.26. The zero-order valence-electron chi connectivity index (χ0n) is 10.7. The van der Waals surface area contributed by atoms with Gasteiger partial charge in [-0.05, 0) is 46.5 Å². The number of hydrogen-bond donors (Lipinski definition) is 1. The smallest absolute Gasteiger partial charge is 0.208 e. The Hall–Kier alpha value is 0.570. The normalized spacial score (nSPS) is 13.8. The van der Waals surface area contributed by atoms with Crippen molar-refractivity contribution >= 4 is 57.8 Å². The lowest BCUT2D eigenvalue weighted by Gasteiger charge is -2.21. The SMILES string of the molecule is CC(C)C(CCBr)NS(=O)(=O)c1cc(Br)ccc1Br. The number of sulfonamides is 1. The van der Waals surface area contributed by atoms with Crippen molar-refractivity contribution in [3.05, 3.63) is 27.1 Å². The van der Waals surface area contributed by atoms with E-state index in [4.69, 9.17) is 0 Å². The Morgan fingerprint density at radius 1 is 1.26 bits per heavy atom. The molecule has 108 valence electrons. The summed E-state index contributed by atoms with van der Waals surface area (Å²) in [4.78, 5) is 0.252. The summed E-state index contributed by atoms with van der Waals surface area (Å²) < 4.78 is 28.9. The van der Waals surface area contributed by atoms with E-state index in [-0.39, 0.29) is 16.9 Å². The summed E-state index contributed by atoms with van der Waals surface area (Å²) in [6, 6.07) is 5.02. The molecule has 1 aromatic rings. The summed E-state index contributed by atoms with van der Waals surface area (Å²) in [6.45, 7) is 4.01. The van der Waals surface area contributed by atoms with Crippen LogP contribution in [0.1, 0.15) is 20.3 Å². The molecule has 0 saturated heterocycles. The minimum atomic E-state index is -3.53. The molecular formula is C12H16Br3NO2S. The van der Waals surface area contributed by atoms with Gasteiger partial charge < -0.3 is 0 Å². The Kier molecular flexibility index (Phi) is 6.99. The van der Waals surface area contributed by atoms with Gasteiger partial charge in [0.15, 0.2) is 0 Å². The van der Waals surface area contributed by atoms with Crippen molar-refractivity contribution < 1.29 is 8.42 Å². The van der Waals surface area contributed by atoms with Gasteiger partial charge in [0.05, 0.1) is 4.90 Å². The molecule has 0 radical (unpaired) electrons. The van der Waals surface area contributed by atoms with E-state index in [1.54, 1.807) is 18.2 Å². The van der Waals surface area contributed by atoms with Crippen LogP contribution in [0.25, 0.3) is 0 Å². The number of nitrogens with one attached hydrogen (secondary N) is 1. The predicted molar refractivity (Wildman–Crippen MR) is 89.2 cm³/mol. The van der Waals surface area contributed by atoms with Crippen LogP contribution in [0.2, 0.25) is 0 Å². The maximum Gasteiger partial charge on any atom is 0.241 e. The molecule has 0 amide bonds. The van der Waals surface area contributed by atoms with E-state index in [1.807, 2.05) is 13.8 Å². The molecule has 1 rings (SSSR count). The molecule has 0 aromatic heterocycles. The number of halogens is 3. The topological polar surface area (TPSA) is 46.2 Å². The van der Waals surface area contributed by atoms with Crippen molar-refractivity contribution in [2.45, 2.75) is 31.2 Å². The Bertz CT molecular complexity index is 532. The first-order chi connectivity index (χ1) is 8.77. The van der Waals surface area contributed by atoms with Gasteiger partial charge in [-0.15, -0.1) is 0 Å². The molecule has 0 aliphatic carbocycles. The van der Waals surface area contributed by atoms with E-state index >= 15 is 0 Å². The van der Waals surface area contributed by atoms with E-state index in [2.05, 4.69) is 52.5 Å². The van der Waals surface area contributed by atoms with Crippen LogP contribution in [-0.4, -0.2) is 19.8 Å². The lowest BCUT2D eigenvalue weighted by atomic mass is 10.0. The maximum atomic E-state index is 12.4. The van der Waals surface area contributed by atoms with Gasteiger partial charge in [-0.2, -0.15) is 0 Å². The second-order valence-corrected chi connectivity index (χ2v) is 8.77. The maximum absolute atomic E-state index is 12.4. The van der Waals surface area contributed by atoms with Crippen LogP contribution in [0.15, 0.2) is 32.0 Å². The molecular weight excluding hydrogens is 462 g/mol. The van der Waals surface area contributed by atoms with Gasteiger partial charge in [-0.25, -0.2) is 13.1 Å². The molecule has 1 aromatic carbocycles. The number of hydrogen-bond acceptors (Lipinski definition) is 2. The molecule has 1 N–H and O–H groups in total. The van der Waals surface area contributed by atoms with E-state index in [0.717, 1.165) is 16.2 Å². The van der Waals surface area contributed by atoms with Gasteiger partial charge in [-0.3, -0.25) is 0 Å². The van der Waals surface area contributed by atoms with Crippen molar-refractivity contribution in [3.63, 3.8) is 0 Å². The van der Waals surface area contributed by atoms with Crippen LogP contribution in [0.3, 0.4) is 0 Å². The van der Waals surface area contributed by atoms with Crippen LogP contribution >= 0.6 is 47.8 Å². The molecule has 19 heavy (non-hydrogen) atoms. The fourth-order valence-electron chi connectivity index (χ4n) is 1.59. The standard InChI is InChI=1S/C12H16Br3NO2S/c1-8(2)11(5-6-13)16-19(17,18)12-7-9(14)3-4-10(12)15/h3-4,7-8,11,16H,5-6H2,1-2H3. The van der Waals surface area contributed by atoms with Gasteiger partial charge in [0.1, 0.15) is 0 Å². The fraction of sp³-hybridized carbons (Fsp3) is 0.500. The minimum absolute atomic E-state index is 0.0877. The summed E-state index contributed by atoms with van der Waals surface area (Å²) in [5.41, 5.74) is 0. The highest BCUT2D eigenvalue weighted by Gasteiger charge is 2.24. The Labute approximate surface area is 140 Å². The van der Waals surface area contributed by atoms with Crippen molar-refractivity contribution in [1.82, 2.24) is 4.72 Å². The third-order valence-corrected chi connectivity index (χ3v) is 6.15. The molecule has 3 nitrogen and oxygen atoms in total. The van der Waals surface area contributed by atoms with Gasteiger partial charge in [0.2, 0.25) is 10.0 Å². The largest absolute Gasteiger partial charge is 0.241 e. The third-order valence-electron chi connectivity index (χ3n) is 2.71. The van der Waals surface area contributed by atoms with Crippen molar-refractivity contribution in [2.75, 3.05) is 5.33 Å². The molecule has 0 fully saturated rings. The minimum Gasteiger partial charge on any atom is -0.208 e. The zero-order valence-corrected chi connectivity index (χ0v) is 16.2. The lowest BCUT2D eigenvalue weighted by Crippen LogP contribution is -2.38. The van der Waals surface area contributed by atoms with Crippen LogP contribution < -0.4 is 4.72 Å². The molecule has 1 unspecified atom stereocenters. The summed E-state index contributed by atoms with van der Waals surface area (Å²) in [5.74, 6) is 0.234. The summed E-state index contributed by atoms with van der Waals surface area (Å²) in [6.07, 6.45) is 0.752. The van der Waals surface area contributed by atoms with E-state index < -0.39 is 10.0 Å². The quantitative estimate of drug-likeness (QED) is 0.621. The summed E-state index contributed by atoms with van der Waals surface area (Å²) in [5, 5.41) is 0.762. The Balaban J connectivity index is 3.06. The monoisotopic (exact) mass is 475 g/mol. The second-order valence-electron chi connectivity index (χ2n) is 4.52. The predicted octanol–water partition coefficient (Wildman–Crippen LogP) is 4.30. The first-order valence-electron chi connectivity index (χ1n) is 5.81. The highest BCUT2D eigenvalue weighted by molar-refractivity contribution is 9.11. The zero-order chi connectivity index (χ0) is 14.6. The molecule has 0 spiro atoms. The average Bonchev–Trinajstić information content (AvgIpc) is 2.31. The average molecular weight is 478 g/mol. The van der Waals surface area contributed by atoms with Gasteiger partial charge >= 0.3 is 0 Å². The number of rotatable bonds is 6. The van der Waals surface area contributed by atoms with E-state index in [1.165, 1.54) is 0 Å². The van der Waals surface area contributed by atoms with Gasteiger partial charge in [0.25, 0.3) is 0 Å². The summed E-state index contributed by atoms with van der Waals surface area (Å²) >= 11 is 9.93. The molecule has 7 heteroatoms. The third kappa shape index (κ3) is 5.12. The molecule has 0 bridgehead atoms. The Morgan fingerprint density at radius 3 is 2.42 bits per heavy atom. The molecule has 0 heterocycles. The molecule has 0 aliphatic heterocycles. The first kappa shape index (κ1) is 17.6. The molecule has 1 atom stereocenters. The van der Waals surface area contributed by atoms with Gasteiger partial charge in [-0.1, -0.05) is 45.7 Å². The highest BCUT2D eigenvalue weighted by atomic mass is 79.9. The number of benzene rings is 1. The summed E-state index contributed by atoms with van der Waals surface area (Å²) in [7, 11) is -3.53. The Morgan fingerprint density at radius 2 is 1.89 bits per heavy atom. The van der Waals surface area contributed by atoms with Crippen molar-refractivity contribution in [2.24, 2.45) is 5.92 Å². The van der Waals surface area contributed by atoms with Crippen LogP contribution in [0.4, 0.5) is 0 Å². The van der Waals surface area contributed by atoms with Crippen molar-refractivity contribution in [1.29, 1.82) is 0 Å². The van der Waals surface area contributed by atoms with Crippen LogP contribution in [0, 0.1) is 5.92 Å². The second kappa shape index (κ2) is 7.54. The first-order valence-corrected chi connectivity index (χ1v) is 10.0. The molecule has 0 aliphatic rings. The molecule has 0 saturated carbocycles. The van der Waals surface area contributed by atoms with E-state index in [0.29, 0.717) is 4.47 Å². The van der Waals surface area contributed by atoms with Gasteiger partial charge in [0, 0.05) is 20.3 Å². The van der Waals surface area contributed by atoms with Crippen LogP contribution in [0.5, 0.6) is 0 Å². The van der Waals surface area contributed by atoms with Crippen LogP contribution in [-0.2, 0) is 10.0 Å². The number of alkyl halides is 1. The lowest BCUT2D eigenvalue weighted by molar-refractivity contribution is 0.440. The van der Waals surface area contributed by atoms with E-state index in [9.17, 15) is 8.42 Å². The fourth-order valence-corrected chi connectivity index (χ4v) is 5.01. The van der Waals surface area contributed by atoms with Crippen molar-refractivity contribution in [3.8, 4) is 0 Å².